The molecular formula is C8H8Br2O2. The molecule has 0 saturated heterocycles. The van der Waals surface area contributed by atoms with Crippen molar-refractivity contribution in [3.05, 3.63) is 21.1 Å². The molecule has 0 atom stereocenters. The van der Waals surface area contributed by atoms with Crippen molar-refractivity contribution in [1.29, 1.82) is 0 Å². The highest BCUT2D eigenvalue weighted by atomic mass is 79.9. The Morgan fingerprint density at radius 2 is 2.08 bits per heavy atom. The Hall–Kier alpha value is -0.220. The molecule has 0 spiro atoms. The van der Waals surface area contributed by atoms with Crippen molar-refractivity contribution in [3.8, 4) is 11.5 Å². The van der Waals surface area contributed by atoms with Gasteiger partial charge in [-0.3, -0.25) is 0 Å². The second kappa shape index (κ2) is 4.14. The van der Waals surface area contributed by atoms with E-state index in [2.05, 4.69) is 31.9 Å². The molecule has 2 nitrogen and oxygen atoms in total. The first-order chi connectivity index (χ1) is 5.65. The van der Waals surface area contributed by atoms with Gasteiger partial charge >= 0.3 is 0 Å². The van der Waals surface area contributed by atoms with Crippen molar-refractivity contribution in [2.24, 2.45) is 0 Å². The Bertz CT molecular complexity index is 287. The van der Waals surface area contributed by atoms with Crippen LogP contribution in [0.5, 0.6) is 11.5 Å². The lowest BCUT2D eigenvalue weighted by atomic mass is 10.3. The smallest absolute Gasteiger partial charge is 0.138 e. The minimum atomic E-state index is 0.174. The van der Waals surface area contributed by atoms with Crippen LogP contribution in [0.25, 0.3) is 0 Å². The summed E-state index contributed by atoms with van der Waals surface area (Å²) in [5.41, 5.74) is 0. The second-order valence-corrected chi connectivity index (χ2v) is 3.88. The van der Waals surface area contributed by atoms with Crippen LogP contribution in [0.15, 0.2) is 21.1 Å². The van der Waals surface area contributed by atoms with Gasteiger partial charge in [-0.15, -0.1) is 0 Å². The van der Waals surface area contributed by atoms with Crippen LogP contribution < -0.4 is 4.74 Å². The van der Waals surface area contributed by atoms with Crippen molar-refractivity contribution in [2.45, 2.75) is 6.92 Å². The lowest BCUT2D eigenvalue weighted by Gasteiger charge is -2.07. The normalized spacial score (nSPS) is 9.92. The van der Waals surface area contributed by atoms with Gasteiger partial charge in [0.2, 0.25) is 0 Å². The molecule has 0 bridgehead atoms. The lowest BCUT2D eigenvalue weighted by molar-refractivity contribution is 0.334. The summed E-state index contributed by atoms with van der Waals surface area (Å²) in [6.07, 6.45) is 0. The van der Waals surface area contributed by atoms with E-state index in [1.54, 1.807) is 12.1 Å². The zero-order valence-corrected chi connectivity index (χ0v) is 9.65. The fourth-order valence-electron chi connectivity index (χ4n) is 0.811. The Labute approximate surface area is 87.8 Å². The first kappa shape index (κ1) is 9.86. The maximum Gasteiger partial charge on any atom is 0.138 e. The molecule has 1 rings (SSSR count). The summed E-state index contributed by atoms with van der Waals surface area (Å²) in [5.74, 6) is 0.817. The molecule has 0 aliphatic carbocycles. The highest BCUT2D eigenvalue weighted by molar-refractivity contribution is 9.11. The molecule has 0 amide bonds. The largest absolute Gasteiger partial charge is 0.507 e. The lowest BCUT2D eigenvalue weighted by Crippen LogP contribution is -1.92. The molecule has 0 heterocycles. The average molecular weight is 296 g/mol. The number of hydrogen-bond acceptors (Lipinski definition) is 2. The number of phenolic OH excluding ortho intramolecular Hbond substituents is 1. The monoisotopic (exact) mass is 294 g/mol. The molecule has 66 valence electrons. The van der Waals surface area contributed by atoms with Crippen LogP contribution in [0.3, 0.4) is 0 Å². The quantitative estimate of drug-likeness (QED) is 0.907. The summed E-state index contributed by atoms with van der Waals surface area (Å²) in [6.45, 7) is 2.47. The summed E-state index contributed by atoms with van der Waals surface area (Å²) in [5, 5.41) is 9.35. The van der Waals surface area contributed by atoms with Gasteiger partial charge in [0, 0.05) is 4.47 Å². The topological polar surface area (TPSA) is 29.5 Å². The van der Waals surface area contributed by atoms with E-state index in [1.165, 1.54) is 0 Å². The molecule has 1 N–H and O–H groups in total. The maximum atomic E-state index is 9.35. The number of ether oxygens (including phenoxy) is 1. The van der Waals surface area contributed by atoms with Crippen molar-refractivity contribution in [3.63, 3.8) is 0 Å². The van der Waals surface area contributed by atoms with Crippen molar-refractivity contribution < 1.29 is 9.84 Å². The van der Waals surface area contributed by atoms with Gasteiger partial charge < -0.3 is 9.84 Å². The van der Waals surface area contributed by atoms with Crippen LogP contribution in [0.1, 0.15) is 6.92 Å². The molecule has 0 unspecified atom stereocenters. The first-order valence-electron chi connectivity index (χ1n) is 3.46. The number of aromatic hydroxyl groups is 1. The van der Waals surface area contributed by atoms with Crippen molar-refractivity contribution in [1.82, 2.24) is 0 Å². The van der Waals surface area contributed by atoms with Crippen LogP contribution in [0.4, 0.5) is 0 Å². The van der Waals surface area contributed by atoms with Gasteiger partial charge in [0.1, 0.15) is 16.0 Å². The predicted molar refractivity (Wildman–Crippen MR) is 54.7 cm³/mol. The van der Waals surface area contributed by atoms with Gasteiger partial charge in [0.25, 0.3) is 0 Å². The number of halogens is 2. The fraction of sp³-hybridized carbons (Fsp3) is 0.250. The standard InChI is InChI=1S/C8H8Br2O2/c1-2-12-7-4-5(9)3-6(11)8(7)10/h3-4,11H,2H2,1H3. The number of phenols is 1. The van der Waals surface area contributed by atoms with E-state index in [4.69, 9.17) is 4.74 Å². The molecule has 0 saturated carbocycles. The van der Waals surface area contributed by atoms with Crippen molar-refractivity contribution >= 4 is 31.9 Å². The van der Waals surface area contributed by atoms with E-state index < -0.39 is 0 Å². The molecule has 4 heteroatoms. The maximum absolute atomic E-state index is 9.35. The summed E-state index contributed by atoms with van der Waals surface area (Å²) in [7, 11) is 0. The molecular weight excluding hydrogens is 288 g/mol. The fourth-order valence-corrected chi connectivity index (χ4v) is 1.58. The van der Waals surface area contributed by atoms with Gasteiger partial charge in [0.15, 0.2) is 0 Å². The van der Waals surface area contributed by atoms with E-state index in [0.29, 0.717) is 16.8 Å². The molecule has 1 aromatic carbocycles. The third-order valence-corrected chi connectivity index (χ3v) is 2.54. The molecule has 0 fully saturated rings. The van der Waals surface area contributed by atoms with Crippen molar-refractivity contribution in [2.75, 3.05) is 6.61 Å². The highest BCUT2D eigenvalue weighted by Crippen LogP contribution is 2.36. The van der Waals surface area contributed by atoms with Crippen LogP contribution in [-0.2, 0) is 0 Å². The third kappa shape index (κ3) is 2.14. The molecule has 0 aliphatic rings. The average Bonchev–Trinajstić information content (AvgIpc) is 2.00. The Balaban J connectivity index is 3.09. The van der Waals surface area contributed by atoms with Gasteiger partial charge in [-0.25, -0.2) is 0 Å². The minimum absolute atomic E-state index is 0.174. The number of hydrogen-bond donors (Lipinski definition) is 1. The zero-order chi connectivity index (χ0) is 9.14. The van der Waals surface area contributed by atoms with E-state index in [9.17, 15) is 5.11 Å². The molecule has 12 heavy (non-hydrogen) atoms. The number of rotatable bonds is 2. The Morgan fingerprint density at radius 1 is 1.42 bits per heavy atom. The van der Waals surface area contributed by atoms with Crippen LogP contribution in [0.2, 0.25) is 0 Å². The SMILES string of the molecule is CCOc1cc(Br)cc(O)c1Br. The third-order valence-electron chi connectivity index (χ3n) is 1.28. The molecule has 1 aromatic rings. The summed E-state index contributed by atoms with van der Waals surface area (Å²) < 4.78 is 6.65. The van der Waals surface area contributed by atoms with E-state index in [1.807, 2.05) is 6.92 Å². The summed E-state index contributed by atoms with van der Waals surface area (Å²) >= 11 is 6.48. The second-order valence-electron chi connectivity index (χ2n) is 2.17. The van der Waals surface area contributed by atoms with Gasteiger partial charge in [-0.1, -0.05) is 15.9 Å². The molecule has 0 radical (unpaired) electrons. The predicted octanol–water partition coefficient (Wildman–Crippen LogP) is 3.32. The Kier molecular flexibility index (Phi) is 3.40. The van der Waals surface area contributed by atoms with E-state index in [-0.39, 0.29) is 5.75 Å². The van der Waals surface area contributed by atoms with E-state index >= 15 is 0 Å². The molecule has 0 aromatic heterocycles. The highest BCUT2D eigenvalue weighted by Gasteiger charge is 2.06. The minimum Gasteiger partial charge on any atom is -0.507 e. The van der Waals surface area contributed by atoms with Crippen LogP contribution in [0, 0.1) is 0 Å². The number of benzene rings is 1. The van der Waals surface area contributed by atoms with Crippen LogP contribution in [-0.4, -0.2) is 11.7 Å². The van der Waals surface area contributed by atoms with Gasteiger partial charge in [0.05, 0.1) is 6.61 Å². The first-order valence-corrected chi connectivity index (χ1v) is 5.04. The summed E-state index contributed by atoms with van der Waals surface area (Å²) in [4.78, 5) is 0. The Morgan fingerprint density at radius 3 is 2.67 bits per heavy atom. The summed E-state index contributed by atoms with van der Waals surface area (Å²) in [6, 6.07) is 3.40. The zero-order valence-electron chi connectivity index (χ0n) is 6.47. The van der Waals surface area contributed by atoms with E-state index in [0.717, 1.165) is 4.47 Å². The molecule has 0 aliphatic heterocycles. The van der Waals surface area contributed by atoms with Crippen LogP contribution >= 0.6 is 31.9 Å². The van der Waals surface area contributed by atoms with Gasteiger partial charge in [-0.2, -0.15) is 0 Å². The van der Waals surface area contributed by atoms with Gasteiger partial charge in [-0.05, 0) is 35.0 Å².